The predicted octanol–water partition coefficient (Wildman–Crippen LogP) is 13.2. The highest BCUT2D eigenvalue weighted by Crippen LogP contribution is 2.45. The van der Waals surface area contributed by atoms with E-state index in [0.29, 0.717) is 0 Å². The fourth-order valence-corrected chi connectivity index (χ4v) is 7.73. The first kappa shape index (κ1) is 26.1. The van der Waals surface area contributed by atoms with Crippen LogP contribution in [0.5, 0.6) is 0 Å². The molecule has 0 fully saturated rings. The third-order valence-corrected chi connectivity index (χ3v) is 9.84. The number of hydrogen-bond acceptors (Lipinski definition) is 1. The van der Waals surface area contributed by atoms with Crippen molar-refractivity contribution in [3.05, 3.63) is 170 Å². The summed E-state index contributed by atoms with van der Waals surface area (Å²) in [6.07, 6.45) is 0. The molecule has 1 heterocycles. The first-order valence-corrected chi connectivity index (χ1v) is 16.2. The van der Waals surface area contributed by atoms with Gasteiger partial charge in [0.05, 0.1) is 0 Å². The van der Waals surface area contributed by atoms with Gasteiger partial charge in [0, 0.05) is 16.2 Å². The second-order valence-electron chi connectivity index (χ2n) is 12.4. The van der Waals surface area contributed by atoms with Gasteiger partial charge >= 0.3 is 0 Å². The van der Waals surface area contributed by atoms with E-state index < -0.39 is 0 Å². The van der Waals surface area contributed by atoms with Gasteiger partial charge in [0.25, 0.3) is 0 Å². The van der Waals surface area contributed by atoms with Crippen LogP contribution in [0.4, 0.5) is 0 Å². The standard InChI is InChI=1S/C46H28O/c1-3-16-34-29(11-1)13-10-22-35(34)31-14-9-15-32(27-31)44-38-18-5-7-20-40(38)45(41-21-8-6-19-39(41)44)33-24-25-37-42-26-23-30-12-2-4-17-36(30)46(42)47-43(37)28-33/h1-28H. The van der Waals surface area contributed by atoms with Crippen molar-refractivity contribution in [2.45, 2.75) is 0 Å². The summed E-state index contributed by atoms with van der Waals surface area (Å²) < 4.78 is 6.63. The van der Waals surface area contributed by atoms with Crippen LogP contribution >= 0.6 is 0 Å². The molecule has 0 spiro atoms. The van der Waals surface area contributed by atoms with Gasteiger partial charge in [-0.3, -0.25) is 0 Å². The molecule has 0 amide bonds. The molecular formula is C46H28O. The van der Waals surface area contributed by atoms with Crippen LogP contribution in [0.3, 0.4) is 0 Å². The smallest absolute Gasteiger partial charge is 0.143 e. The maximum atomic E-state index is 6.63. The third-order valence-electron chi connectivity index (χ3n) is 9.84. The molecule has 10 rings (SSSR count). The Hall–Kier alpha value is -6.18. The molecule has 0 aliphatic rings. The summed E-state index contributed by atoms with van der Waals surface area (Å²) in [6, 6.07) is 61.6. The van der Waals surface area contributed by atoms with Gasteiger partial charge in [-0.2, -0.15) is 0 Å². The van der Waals surface area contributed by atoms with Gasteiger partial charge in [-0.15, -0.1) is 0 Å². The molecule has 0 bridgehead atoms. The summed E-state index contributed by atoms with van der Waals surface area (Å²) in [5.41, 5.74) is 9.20. The summed E-state index contributed by atoms with van der Waals surface area (Å²) in [5, 5.41) is 12.1. The lowest BCUT2D eigenvalue weighted by Gasteiger charge is -2.18. The number of fused-ring (bicyclic) bond motifs is 8. The van der Waals surface area contributed by atoms with Crippen molar-refractivity contribution in [2.75, 3.05) is 0 Å². The Morgan fingerprint density at radius 2 is 0.809 bits per heavy atom. The monoisotopic (exact) mass is 596 g/mol. The molecule has 0 aliphatic heterocycles. The van der Waals surface area contributed by atoms with Crippen molar-refractivity contribution < 1.29 is 4.42 Å². The largest absolute Gasteiger partial charge is 0.455 e. The summed E-state index contributed by atoms with van der Waals surface area (Å²) in [6.45, 7) is 0. The van der Waals surface area contributed by atoms with E-state index in [1.165, 1.54) is 65.5 Å². The molecule has 218 valence electrons. The van der Waals surface area contributed by atoms with E-state index in [1.807, 2.05) is 0 Å². The number of benzene rings is 9. The maximum Gasteiger partial charge on any atom is 0.143 e. The zero-order valence-corrected chi connectivity index (χ0v) is 25.6. The van der Waals surface area contributed by atoms with Crippen LogP contribution in [-0.2, 0) is 0 Å². The highest BCUT2D eigenvalue weighted by atomic mass is 16.3. The van der Waals surface area contributed by atoms with E-state index in [0.717, 1.165) is 32.9 Å². The molecule has 0 N–H and O–H groups in total. The normalized spacial score (nSPS) is 11.8. The molecule has 10 aromatic rings. The van der Waals surface area contributed by atoms with E-state index in [9.17, 15) is 0 Å². The van der Waals surface area contributed by atoms with E-state index in [2.05, 4.69) is 170 Å². The molecule has 1 nitrogen and oxygen atoms in total. The zero-order chi connectivity index (χ0) is 30.9. The van der Waals surface area contributed by atoms with Gasteiger partial charge in [-0.05, 0) is 95.3 Å². The Morgan fingerprint density at radius 1 is 0.298 bits per heavy atom. The molecule has 0 unspecified atom stereocenters. The first-order chi connectivity index (χ1) is 23.3. The SMILES string of the molecule is c1cc(-c2cccc3ccccc23)cc(-c2c3ccccc3c(-c3ccc4c(c3)oc3c5ccccc5ccc43)c3ccccc23)c1. The molecule has 1 heteroatoms. The highest BCUT2D eigenvalue weighted by molar-refractivity contribution is 6.22. The summed E-state index contributed by atoms with van der Waals surface area (Å²) in [4.78, 5) is 0. The van der Waals surface area contributed by atoms with Crippen molar-refractivity contribution >= 4 is 65.0 Å². The molecule has 0 saturated carbocycles. The van der Waals surface area contributed by atoms with Gasteiger partial charge in [0.15, 0.2) is 0 Å². The van der Waals surface area contributed by atoms with Crippen LogP contribution < -0.4 is 0 Å². The van der Waals surface area contributed by atoms with Gasteiger partial charge < -0.3 is 4.42 Å². The molecule has 0 saturated heterocycles. The fraction of sp³-hybridized carbons (Fsp3) is 0. The van der Waals surface area contributed by atoms with Crippen LogP contribution in [0.2, 0.25) is 0 Å². The summed E-state index contributed by atoms with van der Waals surface area (Å²) >= 11 is 0. The molecule has 47 heavy (non-hydrogen) atoms. The lowest BCUT2D eigenvalue weighted by molar-refractivity contribution is 0.673. The molecule has 0 radical (unpaired) electrons. The number of hydrogen-bond donors (Lipinski definition) is 0. The zero-order valence-electron chi connectivity index (χ0n) is 25.6. The maximum absolute atomic E-state index is 6.63. The van der Waals surface area contributed by atoms with Crippen molar-refractivity contribution in [2.24, 2.45) is 0 Å². The van der Waals surface area contributed by atoms with Gasteiger partial charge in [0.2, 0.25) is 0 Å². The topological polar surface area (TPSA) is 13.1 Å². The van der Waals surface area contributed by atoms with E-state index >= 15 is 0 Å². The van der Waals surface area contributed by atoms with Crippen LogP contribution in [0.25, 0.3) is 98.4 Å². The minimum absolute atomic E-state index is 0.911. The lowest BCUT2D eigenvalue weighted by atomic mass is 9.85. The lowest BCUT2D eigenvalue weighted by Crippen LogP contribution is -1.91. The average molecular weight is 597 g/mol. The van der Waals surface area contributed by atoms with Crippen molar-refractivity contribution in [3.8, 4) is 33.4 Å². The van der Waals surface area contributed by atoms with Gasteiger partial charge in [-0.1, -0.05) is 146 Å². The predicted molar refractivity (Wildman–Crippen MR) is 200 cm³/mol. The Bertz CT molecular complexity index is 2790. The van der Waals surface area contributed by atoms with Crippen LogP contribution in [0, 0.1) is 0 Å². The molecule has 1 aromatic heterocycles. The minimum Gasteiger partial charge on any atom is -0.455 e. The Labute approximate surface area is 271 Å². The Kier molecular flexibility index (Phi) is 5.64. The third kappa shape index (κ3) is 3.97. The van der Waals surface area contributed by atoms with E-state index in [-0.39, 0.29) is 0 Å². The summed E-state index contributed by atoms with van der Waals surface area (Å²) in [5.74, 6) is 0. The number of furan rings is 1. The van der Waals surface area contributed by atoms with Crippen molar-refractivity contribution in [1.82, 2.24) is 0 Å². The molecular weight excluding hydrogens is 569 g/mol. The molecule has 0 atom stereocenters. The highest BCUT2D eigenvalue weighted by Gasteiger charge is 2.19. The Balaban J connectivity index is 1.22. The molecule has 9 aromatic carbocycles. The number of rotatable bonds is 3. The van der Waals surface area contributed by atoms with E-state index in [1.54, 1.807) is 0 Å². The van der Waals surface area contributed by atoms with Crippen LogP contribution in [-0.4, -0.2) is 0 Å². The van der Waals surface area contributed by atoms with E-state index in [4.69, 9.17) is 4.42 Å². The quantitative estimate of drug-likeness (QED) is 0.185. The fourth-order valence-electron chi connectivity index (χ4n) is 7.73. The first-order valence-electron chi connectivity index (χ1n) is 16.2. The van der Waals surface area contributed by atoms with Crippen LogP contribution in [0.15, 0.2) is 174 Å². The van der Waals surface area contributed by atoms with Gasteiger partial charge in [-0.25, -0.2) is 0 Å². The second-order valence-corrected chi connectivity index (χ2v) is 12.4. The van der Waals surface area contributed by atoms with Crippen molar-refractivity contribution in [1.29, 1.82) is 0 Å². The minimum atomic E-state index is 0.911. The van der Waals surface area contributed by atoms with Gasteiger partial charge in [0.1, 0.15) is 11.2 Å². The van der Waals surface area contributed by atoms with Crippen molar-refractivity contribution in [3.63, 3.8) is 0 Å². The second kappa shape index (κ2) is 10.2. The average Bonchev–Trinajstić information content (AvgIpc) is 3.52. The molecule has 0 aliphatic carbocycles. The summed E-state index contributed by atoms with van der Waals surface area (Å²) in [7, 11) is 0. The Morgan fingerprint density at radius 3 is 1.51 bits per heavy atom. The van der Waals surface area contributed by atoms with Crippen LogP contribution in [0.1, 0.15) is 0 Å².